The molecule has 22 heavy (non-hydrogen) atoms. The van der Waals surface area contributed by atoms with Crippen LogP contribution in [0.2, 0.25) is 0 Å². The second kappa shape index (κ2) is 5.64. The molecular formula is C18H20N4. The van der Waals surface area contributed by atoms with Crippen molar-refractivity contribution in [3.05, 3.63) is 46.8 Å². The molecule has 0 radical (unpaired) electrons. The van der Waals surface area contributed by atoms with E-state index in [2.05, 4.69) is 45.9 Å². The maximum Gasteiger partial charge on any atom is 0.174 e. The molecule has 0 aliphatic rings. The third-order valence-corrected chi connectivity index (χ3v) is 3.74. The fourth-order valence-corrected chi connectivity index (χ4v) is 2.47. The molecule has 112 valence electrons. The molecule has 1 aromatic carbocycles. The van der Waals surface area contributed by atoms with Gasteiger partial charge in [0.25, 0.3) is 0 Å². The Morgan fingerprint density at radius 1 is 0.864 bits per heavy atom. The highest BCUT2D eigenvalue weighted by Gasteiger charge is 2.12. The molecule has 3 rings (SSSR count). The molecular weight excluding hydrogens is 272 g/mol. The van der Waals surface area contributed by atoms with Crippen LogP contribution < -0.4 is 0 Å². The van der Waals surface area contributed by atoms with Gasteiger partial charge in [-0.15, -0.1) is 0 Å². The number of aromatic amines is 2. The lowest BCUT2D eigenvalue weighted by molar-refractivity contribution is 1.20. The van der Waals surface area contributed by atoms with Crippen molar-refractivity contribution < 1.29 is 0 Å². The van der Waals surface area contributed by atoms with Crippen molar-refractivity contribution in [2.75, 3.05) is 0 Å². The summed E-state index contributed by atoms with van der Waals surface area (Å²) in [5.74, 6) is 1.52. The molecule has 4 heteroatoms. The summed E-state index contributed by atoms with van der Waals surface area (Å²) in [5.41, 5.74) is 6.41. The zero-order chi connectivity index (χ0) is 15.7. The summed E-state index contributed by atoms with van der Waals surface area (Å²) in [5, 5.41) is 0. The number of H-pyrrole nitrogens is 2. The number of hydrogen-bond donors (Lipinski definition) is 2. The molecule has 0 atom stereocenters. The highest BCUT2D eigenvalue weighted by atomic mass is 15.0. The molecule has 2 N–H and O–H groups in total. The van der Waals surface area contributed by atoms with Crippen LogP contribution in [0.15, 0.2) is 24.3 Å². The molecule has 0 aliphatic heterocycles. The van der Waals surface area contributed by atoms with Crippen LogP contribution in [0.1, 0.15) is 36.4 Å². The first-order valence-corrected chi connectivity index (χ1v) is 7.45. The summed E-state index contributed by atoms with van der Waals surface area (Å²) in [6, 6.07) is 4.23. The average molecular weight is 292 g/mol. The predicted molar refractivity (Wildman–Crippen MR) is 92.6 cm³/mol. The van der Waals surface area contributed by atoms with Gasteiger partial charge >= 0.3 is 0 Å². The predicted octanol–water partition coefficient (Wildman–Crippen LogP) is 4.64. The fraction of sp³-hybridized carbons (Fsp3) is 0.222. The lowest BCUT2D eigenvalue weighted by Gasteiger charge is -1.97. The normalized spacial score (nSPS) is 12.2. The minimum absolute atomic E-state index is 0.757. The summed E-state index contributed by atoms with van der Waals surface area (Å²) in [6.45, 7) is 8.19. The molecule has 2 aromatic heterocycles. The Morgan fingerprint density at radius 2 is 1.55 bits per heavy atom. The molecule has 0 aliphatic carbocycles. The minimum atomic E-state index is 0.757. The number of aryl methyl sites for hydroxylation is 2. The van der Waals surface area contributed by atoms with Crippen LogP contribution in [0.4, 0.5) is 0 Å². The molecule has 2 heterocycles. The average Bonchev–Trinajstić information content (AvgIpc) is 3.05. The topological polar surface area (TPSA) is 57.4 Å². The number of nitrogens with one attached hydrogen (secondary N) is 2. The molecule has 0 unspecified atom stereocenters. The van der Waals surface area contributed by atoms with Gasteiger partial charge in [0.15, 0.2) is 11.6 Å². The molecule has 0 fully saturated rings. The van der Waals surface area contributed by atoms with Gasteiger partial charge < -0.3 is 9.97 Å². The van der Waals surface area contributed by atoms with Crippen molar-refractivity contribution in [2.45, 2.75) is 27.7 Å². The lowest BCUT2D eigenvalue weighted by atomic mass is 10.1. The first-order valence-electron chi connectivity index (χ1n) is 7.45. The molecule has 0 saturated carbocycles. The number of rotatable bonds is 3. The van der Waals surface area contributed by atoms with Crippen molar-refractivity contribution in [1.29, 1.82) is 0 Å². The summed E-state index contributed by atoms with van der Waals surface area (Å²) in [7, 11) is 0. The van der Waals surface area contributed by atoms with E-state index in [-0.39, 0.29) is 0 Å². The standard InChI is InChI=1S/C18H20N4/c1-5-7-13-14(8-6-2)20-17(19-13)18-21-15-9-11(3)12(4)10-16(15)22-18/h5-10H,1-4H3,(H,19,20)(H,21,22)/b7-5+,8-6+. The van der Waals surface area contributed by atoms with E-state index in [1.54, 1.807) is 0 Å². The van der Waals surface area contributed by atoms with Gasteiger partial charge in [0.1, 0.15) is 0 Å². The Hall–Kier alpha value is -2.62. The SMILES string of the molecule is C/C=C/c1nc(-c2nc3cc(C)c(C)cc3[nH]2)[nH]c1/C=C/C. The van der Waals surface area contributed by atoms with Gasteiger partial charge in [0.05, 0.1) is 22.4 Å². The first-order chi connectivity index (χ1) is 10.6. The molecule has 0 spiro atoms. The van der Waals surface area contributed by atoms with E-state index in [4.69, 9.17) is 0 Å². The van der Waals surface area contributed by atoms with E-state index in [0.717, 1.165) is 34.1 Å². The minimum Gasteiger partial charge on any atom is -0.335 e. The van der Waals surface area contributed by atoms with Crippen molar-refractivity contribution in [3.63, 3.8) is 0 Å². The van der Waals surface area contributed by atoms with E-state index < -0.39 is 0 Å². The number of hydrogen-bond acceptors (Lipinski definition) is 2. The molecule has 3 aromatic rings. The highest BCUT2D eigenvalue weighted by Crippen LogP contribution is 2.23. The number of allylic oxidation sites excluding steroid dienone is 2. The zero-order valence-electron chi connectivity index (χ0n) is 13.4. The Morgan fingerprint density at radius 3 is 2.27 bits per heavy atom. The maximum atomic E-state index is 4.66. The Bertz CT molecular complexity index is 810. The molecule has 0 saturated heterocycles. The maximum absolute atomic E-state index is 4.66. The third kappa shape index (κ3) is 2.48. The summed E-state index contributed by atoms with van der Waals surface area (Å²) >= 11 is 0. The van der Waals surface area contributed by atoms with Crippen molar-refractivity contribution in [2.24, 2.45) is 0 Å². The Kier molecular flexibility index (Phi) is 3.67. The Labute approximate surface area is 130 Å². The fourth-order valence-electron chi connectivity index (χ4n) is 2.47. The van der Waals surface area contributed by atoms with Gasteiger partial charge in [0, 0.05) is 0 Å². The molecule has 0 bridgehead atoms. The lowest BCUT2D eigenvalue weighted by Crippen LogP contribution is -1.82. The van der Waals surface area contributed by atoms with Crippen molar-refractivity contribution in [1.82, 2.24) is 19.9 Å². The van der Waals surface area contributed by atoms with Crippen LogP contribution in [-0.2, 0) is 0 Å². The smallest absolute Gasteiger partial charge is 0.174 e. The van der Waals surface area contributed by atoms with Gasteiger partial charge in [-0.05, 0) is 63.1 Å². The van der Waals surface area contributed by atoms with Crippen LogP contribution in [0.5, 0.6) is 0 Å². The van der Waals surface area contributed by atoms with Gasteiger partial charge in [0.2, 0.25) is 0 Å². The van der Waals surface area contributed by atoms with Crippen LogP contribution in [0, 0.1) is 13.8 Å². The second-order valence-corrected chi connectivity index (χ2v) is 5.42. The van der Waals surface area contributed by atoms with Crippen molar-refractivity contribution >= 4 is 23.2 Å². The quantitative estimate of drug-likeness (QED) is 0.739. The van der Waals surface area contributed by atoms with Crippen molar-refractivity contribution in [3.8, 4) is 11.6 Å². The van der Waals surface area contributed by atoms with Crippen LogP contribution in [0.3, 0.4) is 0 Å². The summed E-state index contributed by atoms with van der Waals surface area (Å²) in [6.07, 6.45) is 7.99. The monoisotopic (exact) mass is 292 g/mol. The van der Waals surface area contributed by atoms with Crippen LogP contribution in [-0.4, -0.2) is 19.9 Å². The van der Waals surface area contributed by atoms with Crippen LogP contribution >= 0.6 is 0 Å². The van der Waals surface area contributed by atoms with E-state index in [1.807, 2.05) is 38.2 Å². The number of aromatic nitrogens is 4. The number of fused-ring (bicyclic) bond motifs is 1. The van der Waals surface area contributed by atoms with E-state index >= 15 is 0 Å². The first kappa shape index (κ1) is 14.3. The highest BCUT2D eigenvalue weighted by molar-refractivity contribution is 5.80. The van der Waals surface area contributed by atoms with E-state index in [1.165, 1.54) is 11.1 Å². The number of nitrogens with zero attached hydrogens (tertiary/aromatic N) is 2. The van der Waals surface area contributed by atoms with Gasteiger partial charge in [-0.2, -0.15) is 0 Å². The van der Waals surface area contributed by atoms with Gasteiger partial charge in [-0.1, -0.05) is 12.2 Å². The Balaban J connectivity index is 2.12. The van der Waals surface area contributed by atoms with Crippen LogP contribution in [0.25, 0.3) is 34.8 Å². The number of benzene rings is 1. The number of imidazole rings is 2. The largest absolute Gasteiger partial charge is 0.335 e. The summed E-state index contributed by atoms with van der Waals surface area (Å²) < 4.78 is 0. The third-order valence-electron chi connectivity index (χ3n) is 3.74. The van der Waals surface area contributed by atoms with E-state index in [0.29, 0.717) is 0 Å². The van der Waals surface area contributed by atoms with Gasteiger partial charge in [-0.25, -0.2) is 9.97 Å². The molecule has 4 nitrogen and oxygen atoms in total. The zero-order valence-corrected chi connectivity index (χ0v) is 13.4. The summed E-state index contributed by atoms with van der Waals surface area (Å²) in [4.78, 5) is 16.0. The van der Waals surface area contributed by atoms with E-state index in [9.17, 15) is 0 Å². The second-order valence-electron chi connectivity index (χ2n) is 5.42. The molecule has 0 amide bonds. The van der Waals surface area contributed by atoms with Gasteiger partial charge in [-0.3, -0.25) is 0 Å².